The molecule has 0 aromatic rings. The molecule has 5 heteroatoms. The van der Waals surface area contributed by atoms with Crippen molar-refractivity contribution in [3.05, 3.63) is 12.7 Å². The summed E-state index contributed by atoms with van der Waals surface area (Å²) in [5.74, 6) is -1.06. The predicted octanol–water partition coefficient (Wildman–Crippen LogP) is -0.0373. The molecule has 66 valence electrons. The molecule has 0 N–H and O–H groups in total. The molecule has 5 nitrogen and oxygen atoms in total. The van der Waals surface area contributed by atoms with E-state index >= 15 is 0 Å². The molecule has 1 heterocycles. The Morgan fingerprint density at radius 3 is 3.08 bits per heavy atom. The molecule has 0 spiro atoms. The number of esters is 2. The Balaban J connectivity index is 2.36. The summed E-state index contributed by atoms with van der Waals surface area (Å²) in [5, 5.41) is 0. The highest BCUT2D eigenvalue weighted by Gasteiger charge is 2.23. The molecule has 1 unspecified atom stereocenters. The zero-order valence-electron chi connectivity index (χ0n) is 6.32. The lowest BCUT2D eigenvalue weighted by atomic mass is 10.4. The fourth-order valence-electron chi connectivity index (χ4n) is 0.683. The summed E-state index contributed by atoms with van der Waals surface area (Å²) in [7, 11) is 0. The minimum absolute atomic E-state index is 0.0699. The van der Waals surface area contributed by atoms with Crippen LogP contribution in [-0.4, -0.2) is 25.0 Å². The van der Waals surface area contributed by atoms with Gasteiger partial charge in [-0.05, 0) is 0 Å². The van der Waals surface area contributed by atoms with Crippen LogP contribution >= 0.6 is 0 Å². The van der Waals surface area contributed by atoms with Gasteiger partial charge in [0, 0.05) is 6.08 Å². The van der Waals surface area contributed by atoms with Crippen LogP contribution in [0.25, 0.3) is 0 Å². The molecular weight excluding hydrogens is 164 g/mol. The van der Waals surface area contributed by atoms with Crippen molar-refractivity contribution >= 4 is 11.9 Å². The van der Waals surface area contributed by atoms with Gasteiger partial charge < -0.3 is 14.2 Å². The number of hydrogen-bond acceptors (Lipinski definition) is 5. The van der Waals surface area contributed by atoms with Crippen molar-refractivity contribution in [1.82, 2.24) is 0 Å². The minimum atomic E-state index is -0.836. The number of ether oxygens (including phenoxy) is 3. The van der Waals surface area contributed by atoms with Gasteiger partial charge in [0.1, 0.15) is 6.42 Å². The molecule has 1 aliphatic rings. The topological polar surface area (TPSA) is 61.8 Å². The highest BCUT2D eigenvalue weighted by molar-refractivity contribution is 5.81. The first-order valence-electron chi connectivity index (χ1n) is 3.32. The van der Waals surface area contributed by atoms with E-state index in [-0.39, 0.29) is 13.2 Å². The smallest absolute Gasteiger partial charge is 0.332 e. The standard InChI is InChI=1S/C7H8O5/c1-2-5(8)12-7-3-6(9)10-4-11-7/h2,7H,1,3-4H2. The Kier molecular flexibility index (Phi) is 2.82. The van der Waals surface area contributed by atoms with Crippen molar-refractivity contribution in [2.45, 2.75) is 12.7 Å². The highest BCUT2D eigenvalue weighted by Crippen LogP contribution is 2.08. The van der Waals surface area contributed by atoms with Crippen LogP contribution in [0.3, 0.4) is 0 Å². The summed E-state index contributed by atoms with van der Waals surface area (Å²) >= 11 is 0. The first kappa shape index (κ1) is 8.73. The lowest BCUT2D eigenvalue weighted by Gasteiger charge is -2.20. The molecule has 1 fully saturated rings. The molecule has 1 rings (SSSR count). The minimum Gasteiger partial charge on any atom is -0.438 e. The van der Waals surface area contributed by atoms with Crippen molar-refractivity contribution in [2.75, 3.05) is 6.79 Å². The van der Waals surface area contributed by atoms with E-state index in [1.807, 2.05) is 0 Å². The third-order valence-electron chi connectivity index (χ3n) is 1.22. The Bertz CT molecular complexity index is 210. The van der Waals surface area contributed by atoms with E-state index in [4.69, 9.17) is 4.74 Å². The van der Waals surface area contributed by atoms with Crippen LogP contribution in [-0.2, 0) is 23.8 Å². The molecule has 12 heavy (non-hydrogen) atoms. The van der Waals surface area contributed by atoms with E-state index in [9.17, 15) is 9.59 Å². The van der Waals surface area contributed by atoms with Gasteiger partial charge in [0.15, 0.2) is 6.79 Å². The second-order valence-electron chi connectivity index (χ2n) is 2.08. The molecule has 0 aliphatic carbocycles. The molecule has 0 bridgehead atoms. The predicted molar refractivity (Wildman–Crippen MR) is 36.7 cm³/mol. The van der Waals surface area contributed by atoms with Gasteiger partial charge in [-0.25, -0.2) is 4.79 Å². The van der Waals surface area contributed by atoms with E-state index in [1.165, 1.54) is 0 Å². The molecule has 0 amide bonds. The van der Waals surface area contributed by atoms with Crippen molar-refractivity contribution in [2.24, 2.45) is 0 Å². The van der Waals surface area contributed by atoms with Crippen LogP contribution in [0.15, 0.2) is 12.7 Å². The third kappa shape index (κ3) is 2.35. The zero-order valence-corrected chi connectivity index (χ0v) is 6.32. The van der Waals surface area contributed by atoms with E-state index in [0.29, 0.717) is 0 Å². The molecule has 1 atom stereocenters. The maximum Gasteiger partial charge on any atom is 0.332 e. The second kappa shape index (κ2) is 3.87. The van der Waals surface area contributed by atoms with E-state index < -0.39 is 18.2 Å². The Labute approximate surface area is 68.9 Å². The zero-order chi connectivity index (χ0) is 8.97. The third-order valence-corrected chi connectivity index (χ3v) is 1.22. The average molecular weight is 172 g/mol. The van der Waals surface area contributed by atoms with Gasteiger partial charge in [-0.1, -0.05) is 6.58 Å². The van der Waals surface area contributed by atoms with Crippen LogP contribution in [0.2, 0.25) is 0 Å². The lowest BCUT2D eigenvalue weighted by Crippen LogP contribution is -2.31. The average Bonchev–Trinajstić information content (AvgIpc) is 2.04. The summed E-state index contributed by atoms with van der Waals surface area (Å²) in [6, 6.07) is 0. The molecule has 0 aromatic heterocycles. The maximum absolute atomic E-state index is 10.6. The molecule has 0 saturated carbocycles. The summed E-state index contributed by atoms with van der Waals surface area (Å²) < 4.78 is 13.9. The van der Waals surface area contributed by atoms with Gasteiger partial charge in [0.05, 0.1) is 0 Å². The van der Waals surface area contributed by atoms with E-state index in [0.717, 1.165) is 6.08 Å². The number of carbonyl (C=O) groups excluding carboxylic acids is 2. The summed E-state index contributed by atoms with van der Waals surface area (Å²) in [4.78, 5) is 21.2. The molecule has 1 saturated heterocycles. The van der Waals surface area contributed by atoms with Crippen molar-refractivity contribution in [3.8, 4) is 0 Å². The van der Waals surface area contributed by atoms with Gasteiger partial charge in [-0.3, -0.25) is 4.79 Å². The molecular formula is C7H8O5. The summed E-state index contributed by atoms with van der Waals surface area (Å²) in [6.07, 6.45) is 0.0971. The number of carbonyl (C=O) groups is 2. The number of rotatable bonds is 2. The normalized spacial score (nSPS) is 22.7. The molecule has 0 radical (unpaired) electrons. The summed E-state index contributed by atoms with van der Waals surface area (Å²) in [6.45, 7) is 3.03. The van der Waals surface area contributed by atoms with Gasteiger partial charge in [0.2, 0.25) is 6.29 Å². The Hall–Kier alpha value is -1.36. The van der Waals surface area contributed by atoms with Gasteiger partial charge >= 0.3 is 11.9 Å². The monoisotopic (exact) mass is 172 g/mol. The summed E-state index contributed by atoms with van der Waals surface area (Å²) in [5.41, 5.74) is 0. The fourth-order valence-corrected chi connectivity index (χ4v) is 0.683. The SMILES string of the molecule is C=CC(=O)OC1CC(=O)OCO1. The van der Waals surface area contributed by atoms with Crippen molar-refractivity contribution in [3.63, 3.8) is 0 Å². The van der Waals surface area contributed by atoms with Crippen molar-refractivity contribution in [1.29, 1.82) is 0 Å². The number of hydrogen-bond donors (Lipinski definition) is 0. The maximum atomic E-state index is 10.6. The van der Waals surface area contributed by atoms with Gasteiger partial charge in [0.25, 0.3) is 0 Å². The lowest BCUT2D eigenvalue weighted by molar-refractivity contribution is -0.226. The molecule has 1 aliphatic heterocycles. The Morgan fingerprint density at radius 2 is 2.50 bits per heavy atom. The van der Waals surface area contributed by atoms with Crippen LogP contribution in [0, 0.1) is 0 Å². The second-order valence-corrected chi connectivity index (χ2v) is 2.08. The van der Waals surface area contributed by atoms with Gasteiger partial charge in [-0.15, -0.1) is 0 Å². The largest absolute Gasteiger partial charge is 0.438 e. The molecule has 0 aromatic carbocycles. The highest BCUT2D eigenvalue weighted by atomic mass is 16.8. The van der Waals surface area contributed by atoms with Gasteiger partial charge in [-0.2, -0.15) is 0 Å². The van der Waals surface area contributed by atoms with Crippen molar-refractivity contribution < 1.29 is 23.8 Å². The van der Waals surface area contributed by atoms with Crippen LogP contribution < -0.4 is 0 Å². The number of cyclic esters (lactones) is 1. The van der Waals surface area contributed by atoms with E-state index in [2.05, 4.69) is 16.1 Å². The first-order chi connectivity index (χ1) is 5.72. The van der Waals surface area contributed by atoms with Crippen LogP contribution in [0.5, 0.6) is 0 Å². The van der Waals surface area contributed by atoms with E-state index in [1.54, 1.807) is 0 Å². The van der Waals surface area contributed by atoms with Crippen LogP contribution in [0.4, 0.5) is 0 Å². The Morgan fingerprint density at radius 1 is 1.75 bits per heavy atom. The van der Waals surface area contributed by atoms with Crippen LogP contribution in [0.1, 0.15) is 6.42 Å². The first-order valence-corrected chi connectivity index (χ1v) is 3.32. The quantitative estimate of drug-likeness (QED) is 0.432. The fraction of sp³-hybridized carbons (Fsp3) is 0.429.